The fourth-order valence-corrected chi connectivity index (χ4v) is 2.37. The molecule has 0 aromatic carbocycles. The lowest BCUT2D eigenvalue weighted by molar-refractivity contribution is 0.141. The lowest BCUT2D eigenvalue weighted by Gasteiger charge is -2.10. The summed E-state index contributed by atoms with van der Waals surface area (Å²) in [5.74, 6) is 0.0944. The fraction of sp³-hybridized carbons (Fsp3) is 0.375. The molecule has 14 heavy (non-hydrogen) atoms. The summed E-state index contributed by atoms with van der Waals surface area (Å²) in [6.07, 6.45) is -1.24. The minimum atomic E-state index is -2.63. The first-order valence-corrected chi connectivity index (χ1v) is 5.58. The summed E-state index contributed by atoms with van der Waals surface area (Å²) >= 11 is 6.41. The molecule has 0 spiro atoms. The highest BCUT2D eigenvalue weighted by molar-refractivity contribution is 9.11. The molecule has 0 saturated carbocycles. The average molecular weight is 331 g/mol. The van der Waals surface area contributed by atoms with Crippen molar-refractivity contribution in [1.82, 2.24) is 4.98 Å². The Morgan fingerprint density at radius 1 is 1.57 bits per heavy atom. The average Bonchev–Trinajstić information content (AvgIpc) is 2.17. The molecule has 0 saturated heterocycles. The first-order chi connectivity index (χ1) is 6.61. The molecule has 0 atom stereocenters. The van der Waals surface area contributed by atoms with E-state index in [1.807, 2.05) is 0 Å². The van der Waals surface area contributed by atoms with E-state index >= 15 is 0 Å². The molecule has 0 fully saturated rings. The third-order valence-corrected chi connectivity index (χ3v) is 3.10. The van der Waals surface area contributed by atoms with E-state index in [0.29, 0.717) is 9.80 Å². The third-order valence-electron chi connectivity index (χ3n) is 1.63. The standard InChI is InChI=1S/C8H7Br2F2NO/c1-14-7-5(10)4(2-9)3-13-6(7)8(11)12/h3,8H,2H2,1H3. The van der Waals surface area contributed by atoms with Crippen LogP contribution in [-0.2, 0) is 5.33 Å². The summed E-state index contributed by atoms with van der Waals surface area (Å²) in [4.78, 5) is 3.65. The summed E-state index contributed by atoms with van der Waals surface area (Å²) in [7, 11) is 1.34. The molecule has 78 valence electrons. The maximum atomic E-state index is 12.5. The lowest BCUT2D eigenvalue weighted by atomic mass is 10.2. The van der Waals surface area contributed by atoms with Crippen LogP contribution >= 0.6 is 31.9 Å². The van der Waals surface area contributed by atoms with Gasteiger partial charge in [-0.25, -0.2) is 8.78 Å². The van der Waals surface area contributed by atoms with Crippen molar-refractivity contribution in [2.45, 2.75) is 11.8 Å². The quantitative estimate of drug-likeness (QED) is 0.789. The van der Waals surface area contributed by atoms with Crippen molar-refractivity contribution in [2.75, 3.05) is 7.11 Å². The van der Waals surface area contributed by atoms with E-state index in [4.69, 9.17) is 4.74 Å². The Kier molecular flexibility index (Phi) is 4.25. The van der Waals surface area contributed by atoms with Crippen molar-refractivity contribution < 1.29 is 13.5 Å². The number of nitrogens with zero attached hydrogens (tertiary/aromatic N) is 1. The highest BCUT2D eigenvalue weighted by atomic mass is 79.9. The molecule has 2 nitrogen and oxygen atoms in total. The Bertz CT molecular complexity index is 333. The number of hydrogen-bond donors (Lipinski definition) is 0. The Balaban J connectivity index is 3.28. The van der Waals surface area contributed by atoms with E-state index in [1.165, 1.54) is 13.3 Å². The van der Waals surface area contributed by atoms with E-state index in [2.05, 4.69) is 36.8 Å². The van der Waals surface area contributed by atoms with Gasteiger partial charge in [0.1, 0.15) is 5.69 Å². The van der Waals surface area contributed by atoms with E-state index in [9.17, 15) is 8.78 Å². The normalized spacial score (nSPS) is 10.7. The predicted octanol–water partition coefficient (Wildman–Crippen LogP) is 3.69. The maximum Gasteiger partial charge on any atom is 0.284 e. The zero-order valence-electron chi connectivity index (χ0n) is 7.23. The second kappa shape index (κ2) is 5.02. The van der Waals surface area contributed by atoms with Gasteiger partial charge in [0.15, 0.2) is 5.75 Å². The molecule has 0 aliphatic heterocycles. The molecule has 0 aliphatic rings. The van der Waals surface area contributed by atoms with Gasteiger partial charge >= 0.3 is 0 Å². The van der Waals surface area contributed by atoms with Crippen LogP contribution in [0.5, 0.6) is 5.75 Å². The topological polar surface area (TPSA) is 22.1 Å². The lowest BCUT2D eigenvalue weighted by Crippen LogP contribution is -1.99. The van der Waals surface area contributed by atoms with Gasteiger partial charge in [-0.15, -0.1) is 0 Å². The number of halogens is 4. The summed E-state index contributed by atoms with van der Waals surface area (Å²) in [6, 6.07) is 0. The highest BCUT2D eigenvalue weighted by Crippen LogP contribution is 2.36. The van der Waals surface area contributed by atoms with Crippen molar-refractivity contribution in [1.29, 1.82) is 0 Å². The predicted molar refractivity (Wildman–Crippen MR) is 56.1 cm³/mol. The molecular formula is C8H7Br2F2NO. The Hall–Kier alpha value is -0.230. The van der Waals surface area contributed by atoms with Crippen molar-refractivity contribution in [3.05, 3.63) is 21.9 Å². The van der Waals surface area contributed by atoms with Crippen LogP contribution in [0.4, 0.5) is 8.78 Å². The van der Waals surface area contributed by atoms with Crippen LogP contribution in [0.2, 0.25) is 0 Å². The van der Waals surface area contributed by atoms with Crippen LogP contribution in [0, 0.1) is 0 Å². The summed E-state index contributed by atoms with van der Waals surface area (Å²) in [5, 5.41) is 0.528. The second-order valence-electron chi connectivity index (χ2n) is 2.45. The van der Waals surface area contributed by atoms with Crippen LogP contribution in [0.3, 0.4) is 0 Å². The van der Waals surface area contributed by atoms with Gasteiger partial charge in [-0.1, -0.05) is 15.9 Å². The van der Waals surface area contributed by atoms with Crippen molar-refractivity contribution in [3.8, 4) is 5.75 Å². The van der Waals surface area contributed by atoms with Gasteiger partial charge in [-0.2, -0.15) is 0 Å². The smallest absolute Gasteiger partial charge is 0.284 e. The van der Waals surface area contributed by atoms with Gasteiger partial charge < -0.3 is 4.74 Å². The van der Waals surface area contributed by atoms with Gasteiger partial charge in [-0.05, 0) is 21.5 Å². The largest absolute Gasteiger partial charge is 0.493 e. The van der Waals surface area contributed by atoms with Crippen LogP contribution in [0.1, 0.15) is 17.7 Å². The van der Waals surface area contributed by atoms with Crippen LogP contribution in [0.15, 0.2) is 10.7 Å². The van der Waals surface area contributed by atoms with Gasteiger partial charge in [0, 0.05) is 11.5 Å². The highest BCUT2D eigenvalue weighted by Gasteiger charge is 2.19. The summed E-state index contributed by atoms with van der Waals surface area (Å²) in [6.45, 7) is 0. The SMILES string of the molecule is COc1c(C(F)F)ncc(CBr)c1Br. The summed E-state index contributed by atoms with van der Waals surface area (Å²) < 4.78 is 30.3. The van der Waals surface area contributed by atoms with Crippen molar-refractivity contribution >= 4 is 31.9 Å². The van der Waals surface area contributed by atoms with Crippen LogP contribution in [0.25, 0.3) is 0 Å². The molecule has 0 aliphatic carbocycles. The van der Waals surface area contributed by atoms with E-state index in [0.717, 1.165) is 5.56 Å². The minimum Gasteiger partial charge on any atom is -0.493 e. The maximum absolute atomic E-state index is 12.5. The van der Waals surface area contributed by atoms with Crippen molar-refractivity contribution in [3.63, 3.8) is 0 Å². The number of alkyl halides is 3. The molecule has 0 N–H and O–H groups in total. The molecule has 1 aromatic rings. The minimum absolute atomic E-state index is 0.0944. The van der Waals surface area contributed by atoms with Gasteiger partial charge in [0.2, 0.25) is 0 Å². The number of methoxy groups -OCH3 is 1. The Labute approximate surface area is 96.9 Å². The molecule has 0 radical (unpaired) electrons. The second-order valence-corrected chi connectivity index (χ2v) is 3.80. The molecular weight excluding hydrogens is 324 g/mol. The van der Waals surface area contributed by atoms with E-state index in [-0.39, 0.29) is 11.4 Å². The molecule has 6 heteroatoms. The first kappa shape index (κ1) is 11.8. The molecule has 1 rings (SSSR count). The van der Waals surface area contributed by atoms with E-state index in [1.54, 1.807) is 0 Å². The Morgan fingerprint density at radius 2 is 2.21 bits per heavy atom. The number of rotatable bonds is 3. The molecule has 0 amide bonds. The van der Waals surface area contributed by atoms with Gasteiger partial charge in [0.25, 0.3) is 6.43 Å². The molecule has 1 aromatic heterocycles. The first-order valence-electron chi connectivity index (χ1n) is 3.67. The zero-order valence-corrected chi connectivity index (χ0v) is 10.4. The molecule has 1 heterocycles. The fourth-order valence-electron chi connectivity index (χ4n) is 0.964. The summed E-state index contributed by atoms with van der Waals surface area (Å²) in [5.41, 5.74) is 0.426. The number of pyridine rings is 1. The van der Waals surface area contributed by atoms with Crippen LogP contribution in [-0.4, -0.2) is 12.1 Å². The number of hydrogen-bond acceptors (Lipinski definition) is 2. The number of ether oxygens (including phenoxy) is 1. The van der Waals surface area contributed by atoms with Crippen molar-refractivity contribution in [2.24, 2.45) is 0 Å². The van der Waals surface area contributed by atoms with Crippen LogP contribution < -0.4 is 4.74 Å². The number of aromatic nitrogens is 1. The Morgan fingerprint density at radius 3 is 2.64 bits per heavy atom. The van der Waals surface area contributed by atoms with Gasteiger partial charge in [0.05, 0.1) is 11.6 Å². The van der Waals surface area contributed by atoms with Gasteiger partial charge in [-0.3, -0.25) is 4.98 Å². The monoisotopic (exact) mass is 329 g/mol. The van der Waals surface area contributed by atoms with E-state index < -0.39 is 6.43 Å². The zero-order chi connectivity index (χ0) is 10.7. The molecule has 0 bridgehead atoms. The molecule has 0 unspecified atom stereocenters. The third kappa shape index (κ3) is 2.23.